The van der Waals surface area contributed by atoms with Gasteiger partial charge in [0.2, 0.25) is 0 Å². The molecule has 4 nitrogen and oxygen atoms in total. The molecule has 0 saturated carbocycles. The average Bonchev–Trinajstić information content (AvgIpc) is 2.58. The fourth-order valence-corrected chi connectivity index (χ4v) is 3.97. The molecule has 0 aromatic heterocycles. The number of β-amino-alcohol motifs (C(OH)–C–C–N with tert-alkyl or cyclic N) is 1. The number of aliphatic hydroxyl groups is 1. The van der Waals surface area contributed by atoms with E-state index in [1.54, 1.807) is 7.11 Å². The Bertz CT molecular complexity index is 516. The molecular formula is C19H28FNO3. The molecule has 0 amide bonds. The van der Waals surface area contributed by atoms with Gasteiger partial charge < -0.3 is 14.6 Å². The number of ether oxygens (including phenoxy) is 2. The largest absolute Gasteiger partial charge is 0.388 e. The van der Waals surface area contributed by atoms with E-state index < -0.39 is 5.60 Å². The topological polar surface area (TPSA) is 41.9 Å². The molecule has 2 aliphatic rings. The number of hydrogen-bond donors (Lipinski definition) is 1. The summed E-state index contributed by atoms with van der Waals surface area (Å²) in [5.74, 6) is -0.209. The highest BCUT2D eigenvalue weighted by atomic mass is 19.1. The fourth-order valence-electron chi connectivity index (χ4n) is 3.97. The van der Waals surface area contributed by atoms with Crippen LogP contribution in [0.4, 0.5) is 4.39 Å². The first kappa shape index (κ1) is 17.8. The van der Waals surface area contributed by atoms with Crippen LogP contribution in [0.1, 0.15) is 31.2 Å². The Balaban J connectivity index is 1.73. The molecule has 2 aliphatic heterocycles. The number of hydrogen-bond acceptors (Lipinski definition) is 4. The Labute approximate surface area is 143 Å². The molecule has 2 heterocycles. The van der Waals surface area contributed by atoms with E-state index >= 15 is 0 Å². The van der Waals surface area contributed by atoms with Gasteiger partial charge in [0.15, 0.2) is 0 Å². The summed E-state index contributed by atoms with van der Waals surface area (Å²) in [5, 5.41) is 10.9. The van der Waals surface area contributed by atoms with E-state index in [9.17, 15) is 9.50 Å². The van der Waals surface area contributed by atoms with Crippen molar-refractivity contribution < 1.29 is 19.0 Å². The van der Waals surface area contributed by atoms with Gasteiger partial charge in [-0.3, -0.25) is 4.90 Å². The lowest BCUT2D eigenvalue weighted by molar-refractivity contribution is -0.103. The SMILES string of the molecule is CO[C@H]1CCCN(CC2(O)CCOCC2)[C@H]1Cc1ccc(F)cc1. The number of likely N-dealkylation sites (tertiary alicyclic amines) is 1. The minimum Gasteiger partial charge on any atom is -0.388 e. The number of nitrogens with zero attached hydrogens (tertiary/aromatic N) is 1. The summed E-state index contributed by atoms with van der Waals surface area (Å²) in [6.07, 6.45) is 4.43. The average molecular weight is 337 g/mol. The normalized spacial score (nSPS) is 28.0. The van der Waals surface area contributed by atoms with Crippen molar-refractivity contribution in [2.45, 2.75) is 49.9 Å². The third kappa shape index (κ3) is 4.33. The molecule has 1 N–H and O–H groups in total. The smallest absolute Gasteiger partial charge is 0.123 e. The monoisotopic (exact) mass is 337 g/mol. The Morgan fingerprint density at radius 2 is 2.00 bits per heavy atom. The molecule has 0 unspecified atom stereocenters. The minimum absolute atomic E-state index is 0.146. The summed E-state index contributed by atoms with van der Waals surface area (Å²) in [7, 11) is 1.76. The maximum atomic E-state index is 13.2. The zero-order valence-electron chi connectivity index (χ0n) is 14.4. The number of piperidine rings is 1. The standard InChI is InChI=1S/C19H28FNO3/c1-23-18-3-2-10-21(14-19(22)8-11-24-12-9-19)17(18)13-15-4-6-16(20)7-5-15/h4-7,17-18,22H,2-3,8-14H2,1H3/t17-,18-/m0/s1. The van der Waals surface area contributed by atoms with Crippen molar-refractivity contribution in [1.82, 2.24) is 4.90 Å². The summed E-state index contributed by atoms with van der Waals surface area (Å²) in [5.41, 5.74) is 0.434. The third-order valence-corrected chi connectivity index (χ3v) is 5.41. The van der Waals surface area contributed by atoms with Crippen LogP contribution < -0.4 is 0 Å². The second kappa shape index (κ2) is 7.91. The van der Waals surface area contributed by atoms with Gasteiger partial charge in [-0.1, -0.05) is 12.1 Å². The highest BCUT2D eigenvalue weighted by Gasteiger charge is 2.38. The van der Waals surface area contributed by atoms with Crippen LogP contribution in [0.3, 0.4) is 0 Å². The zero-order valence-corrected chi connectivity index (χ0v) is 14.4. The Morgan fingerprint density at radius 3 is 2.67 bits per heavy atom. The van der Waals surface area contributed by atoms with E-state index in [0.29, 0.717) is 32.6 Å². The van der Waals surface area contributed by atoms with Crippen LogP contribution in [0.2, 0.25) is 0 Å². The second-order valence-electron chi connectivity index (χ2n) is 7.12. The lowest BCUT2D eigenvalue weighted by atomic mass is 9.88. The molecule has 2 fully saturated rings. The van der Waals surface area contributed by atoms with Gasteiger partial charge >= 0.3 is 0 Å². The lowest BCUT2D eigenvalue weighted by Crippen LogP contribution is -2.56. The molecule has 2 atom stereocenters. The van der Waals surface area contributed by atoms with Crippen LogP contribution in [0.5, 0.6) is 0 Å². The highest BCUT2D eigenvalue weighted by Crippen LogP contribution is 2.28. The maximum absolute atomic E-state index is 13.2. The third-order valence-electron chi connectivity index (χ3n) is 5.41. The molecule has 0 spiro atoms. The van der Waals surface area contributed by atoms with Gasteiger partial charge in [0.05, 0.1) is 11.7 Å². The molecular weight excluding hydrogens is 309 g/mol. The van der Waals surface area contributed by atoms with Crippen molar-refractivity contribution >= 4 is 0 Å². The summed E-state index contributed by atoms with van der Waals surface area (Å²) >= 11 is 0. The molecule has 134 valence electrons. The predicted molar refractivity (Wildman–Crippen MR) is 90.5 cm³/mol. The van der Waals surface area contributed by atoms with E-state index in [1.165, 1.54) is 12.1 Å². The van der Waals surface area contributed by atoms with Crippen LogP contribution >= 0.6 is 0 Å². The molecule has 3 rings (SSSR count). The van der Waals surface area contributed by atoms with Crippen LogP contribution in [-0.4, -0.2) is 61.2 Å². The van der Waals surface area contributed by atoms with Crippen molar-refractivity contribution in [3.63, 3.8) is 0 Å². The van der Waals surface area contributed by atoms with E-state index in [1.807, 2.05) is 12.1 Å². The first-order valence-electron chi connectivity index (χ1n) is 8.91. The van der Waals surface area contributed by atoms with Crippen molar-refractivity contribution in [1.29, 1.82) is 0 Å². The van der Waals surface area contributed by atoms with Crippen LogP contribution in [0.15, 0.2) is 24.3 Å². The van der Waals surface area contributed by atoms with E-state index in [-0.39, 0.29) is 18.0 Å². The van der Waals surface area contributed by atoms with Gasteiger partial charge in [-0.2, -0.15) is 0 Å². The van der Waals surface area contributed by atoms with Crippen LogP contribution in [0.25, 0.3) is 0 Å². The number of rotatable bonds is 5. The molecule has 0 radical (unpaired) electrons. The van der Waals surface area contributed by atoms with Gasteiger partial charge in [0.1, 0.15) is 5.82 Å². The van der Waals surface area contributed by atoms with Crippen LogP contribution in [-0.2, 0) is 15.9 Å². The maximum Gasteiger partial charge on any atom is 0.123 e. The summed E-state index contributed by atoms with van der Waals surface area (Å²) in [6, 6.07) is 6.92. The zero-order chi connectivity index (χ0) is 17.0. The summed E-state index contributed by atoms with van der Waals surface area (Å²) in [4.78, 5) is 2.37. The first-order chi connectivity index (χ1) is 11.6. The quantitative estimate of drug-likeness (QED) is 0.896. The lowest BCUT2D eigenvalue weighted by Gasteiger charge is -2.45. The predicted octanol–water partition coefficient (Wildman–Crippen LogP) is 2.39. The number of benzene rings is 1. The van der Waals surface area contributed by atoms with Gasteiger partial charge in [0, 0.05) is 45.8 Å². The van der Waals surface area contributed by atoms with Gasteiger partial charge in [0.25, 0.3) is 0 Å². The van der Waals surface area contributed by atoms with Crippen molar-refractivity contribution in [2.75, 3.05) is 33.4 Å². The van der Waals surface area contributed by atoms with Gasteiger partial charge in [-0.05, 0) is 43.5 Å². The fraction of sp³-hybridized carbons (Fsp3) is 0.684. The molecule has 24 heavy (non-hydrogen) atoms. The van der Waals surface area contributed by atoms with E-state index in [2.05, 4.69) is 4.90 Å². The number of halogens is 1. The van der Waals surface area contributed by atoms with Crippen molar-refractivity contribution in [3.05, 3.63) is 35.6 Å². The molecule has 0 aliphatic carbocycles. The first-order valence-corrected chi connectivity index (χ1v) is 8.91. The molecule has 0 bridgehead atoms. The van der Waals surface area contributed by atoms with Crippen molar-refractivity contribution in [3.8, 4) is 0 Å². The van der Waals surface area contributed by atoms with Gasteiger partial charge in [-0.15, -0.1) is 0 Å². The van der Waals surface area contributed by atoms with Crippen molar-refractivity contribution in [2.24, 2.45) is 0 Å². The van der Waals surface area contributed by atoms with E-state index in [0.717, 1.165) is 31.4 Å². The van der Waals surface area contributed by atoms with Crippen LogP contribution in [0, 0.1) is 5.82 Å². The molecule has 5 heteroatoms. The van der Waals surface area contributed by atoms with E-state index in [4.69, 9.17) is 9.47 Å². The second-order valence-corrected chi connectivity index (χ2v) is 7.12. The Hall–Kier alpha value is -1.01. The highest BCUT2D eigenvalue weighted by molar-refractivity contribution is 5.18. The Morgan fingerprint density at radius 1 is 1.29 bits per heavy atom. The van der Waals surface area contributed by atoms with Gasteiger partial charge in [-0.25, -0.2) is 4.39 Å². The summed E-state index contributed by atoms with van der Waals surface area (Å²) < 4.78 is 24.3. The minimum atomic E-state index is -0.672. The number of methoxy groups -OCH3 is 1. The molecule has 2 saturated heterocycles. The Kier molecular flexibility index (Phi) is 5.87. The molecule has 1 aromatic carbocycles. The summed E-state index contributed by atoms with van der Waals surface area (Å²) in [6.45, 7) is 2.87. The molecule has 1 aromatic rings.